The van der Waals surface area contributed by atoms with Gasteiger partial charge in [0.25, 0.3) is 0 Å². The zero-order chi connectivity index (χ0) is 14.1. The summed E-state index contributed by atoms with van der Waals surface area (Å²) in [5.41, 5.74) is 6.75. The number of rotatable bonds is 4. The molecule has 1 heterocycles. The monoisotopic (exact) mass is 291 g/mol. The van der Waals surface area contributed by atoms with Gasteiger partial charge in [-0.2, -0.15) is 0 Å². The van der Waals surface area contributed by atoms with E-state index in [0.717, 1.165) is 17.7 Å². The molecule has 1 fully saturated rings. The number of esters is 1. The van der Waals surface area contributed by atoms with Crippen molar-refractivity contribution in [3.8, 4) is 0 Å². The Bertz CT molecular complexity index is 653. The van der Waals surface area contributed by atoms with Crippen LogP contribution >= 0.6 is 11.8 Å². The third-order valence-corrected chi connectivity index (χ3v) is 4.06. The lowest BCUT2D eigenvalue weighted by Crippen LogP contribution is -2.06. The van der Waals surface area contributed by atoms with Gasteiger partial charge in [-0.25, -0.2) is 9.48 Å². The smallest absolute Gasteiger partial charge is 0.339 e. The van der Waals surface area contributed by atoms with Crippen molar-refractivity contribution in [2.45, 2.75) is 28.9 Å². The van der Waals surface area contributed by atoms with Gasteiger partial charge in [0.05, 0.1) is 24.4 Å². The summed E-state index contributed by atoms with van der Waals surface area (Å²) in [7, 11) is 1.33. The number of nitrogens with two attached hydrogens (primary N) is 1. The van der Waals surface area contributed by atoms with E-state index in [2.05, 4.69) is 15.5 Å². The zero-order valence-corrected chi connectivity index (χ0v) is 11.6. The Morgan fingerprint density at radius 2 is 2.30 bits per heavy atom. The summed E-state index contributed by atoms with van der Waals surface area (Å²) in [4.78, 5) is 12.4. The molecule has 0 saturated heterocycles. The van der Waals surface area contributed by atoms with Gasteiger partial charge in [0.1, 0.15) is 0 Å². The maximum absolute atomic E-state index is 11.6. The second kappa shape index (κ2) is 5.12. The number of nitrogens with zero attached hydrogens (tertiary/aromatic N) is 4. The quantitative estimate of drug-likeness (QED) is 0.674. The minimum atomic E-state index is -0.452. The molecule has 8 heteroatoms. The van der Waals surface area contributed by atoms with Crippen LogP contribution < -0.4 is 5.73 Å². The average molecular weight is 291 g/mol. The van der Waals surface area contributed by atoms with Gasteiger partial charge in [-0.15, -0.1) is 5.10 Å². The van der Waals surface area contributed by atoms with E-state index in [1.54, 1.807) is 16.8 Å². The molecule has 1 aliphatic carbocycles. The molecule has 2 aromatic rings. The molecular weight excluding hydrogens is 278 g/mol. The van der Waals surface area contributed by atoms with Crippen molar-refractivity contribution < 1.29 is 9.53 Å². The Labute approximate surface area is 119 Å². The number of benzene rings is 1. The lowest BCUT2D eigenvalue weighted by atomic mass is 10.2. The van der Waals surface area contributed by atoms with Crippen LogP contribution in [0.3, 0.4) is 0 Å². The number of methoxy groups -OCH3 is 1. The first-order chi connectivity index (χ1) is 9.70. The molecule has 1 aromatic heterocycles. The number of tetrazole rings is 1. The van der Waals surface area contributed by atoms with Crippen LogP contribution in [-0.4, -0.2) is 33.3 Å². The van der Waals surface area contributed by atoms with Gasteiger partial charge in [-0.1, -0.05) is 6.07 Å². The fourth-order valence-electron chi connectivity index (χ4n) is 1.82. The number of nitrogen functional groups attached to an aromatic ring is 1. The first-order valence-corrected chi connectivity index (χ1v) is 6.95. The second-order valence-electron chi connectivity index (χ2n) is 4.45. The molecule has 0 aliphatic heterocycles. The number of hydrogen-bond acceptors (Lipinski definition) is 7. The van der Waals surface area contributed by atoms with Gasteiger partial charge in [-0.05, 0) is 47.2 Å². The summed E-state index contributed by atoms with van der Waals surface area (Å²) in [5, 5.41) is 12.4. The van der Waals surface area contributed by atoms with Gasteiger partial charge in [0, 0.05) is 4.90 Å². The topological polar surface area (TPSA) is 95.9 Å². The molecule has 0 spiro atoms. The van der Waals surface area contributed by atoms with E-state index in [1.807, 2.05) is 6.07 Å². The van der Waals surface area contributed by atoms with Gasteiger partial charge >= 0.3 is 5.97 Å². The van der Waals surface area contributed by atoms with Crippen molar-refractivity contribution in [2.75, 3.05) is 12.8 Å². The third kappa shape index (κ3) is 2.34. The van der Waals surface area contributed by atoms with Crippen LogP contribution in [0.15, 0.2) is 28.3 Å². The van der Waals surface area contributed by atoms with Crippen molar-refractivity contribution >= 4 is 23.4 Å². The number of carbonyl (C=O) groups is 1. The molecule has 0 bridgehead atoms. The Kier molecular flexibility index (Phi) is 3.31. The molecule has 0 radical (unpaired) electrons. The van der Waals surface area contributed by atoms with E-state index >= 15 is 0 Å². The average Bonchev–Trinajstić information content (AvgIpc) is 3.20. The van der Waals surface area contributed by atoms with Crippen molar-refractivity contribution in [2.24, 2.45) is 0 Å². The van der Waals surface area contributed by atoms with Crippen LogP contribution in [0.4, 0.5) is 5.69 Å². The predicted octanol–water partition coefficient (Wildman–Crippen LogP) is 1.53. The standard InChI is InChI=1S/C12H13N5O2S/c1-19-11(18)8-3-2-4-9(10(8)13)20-12-14-15-16-17(12)7-5-6-7/h2-4,7H,5-6,13H2,1H3. The van der Waals surface area contributed by atoms with Crippen LogP contribution in [0.1, 0.15) is 29.2 Å². The Morgan fingerprint density at radius 3 is 3.00 bits per heavy atom. The van der Waals surface area contributed by atoms with Crippen LogP contribution in [0.25, 0.3) is 0 Å². The highest BCUT2D eigenvalue weighted by Crippen LogP contribution is 2.39. The number of hydrogen-bond donors (Lipinski definition) is 1. The zero-order valence-electron chi connectivity index (χ0n) is 10.8. The summed E-state index contributed by atoms with van der Waals surface area (Å²) < 4.78 is 6.51. The van der Waals surface area contributed by atoms with E-state index in [1.165, 1.54) is 18.9 Å². The van der Waals surface area contributed by atoms with Gasteiger partial charge in [-0.3, -0.25) is 0 Å². The van der Waals surface area contributed by atoms with Crippen LogP contribution in [-0.2, 0) is 4.74 Å². The summed E-state index contributed by atoms with van der Waals surface area (Å²) >= 11 is 1.35. The van der Waals surface area contributed by atoms with Crippen molar-refractivity contribution in [1.29, 1.82) is 0 Å². The highest BCUT2D eigenvalue weighted by atomic mass is 32.2. The second-order valence-corrected chi connectivity index (χ2v) is 5.46. The molecule has 20 heavy (non-hydrogen) atoms. The molecule has 0 unspecified atom stereocenters. The van der Waals surface area contributed by atoms with E-state index < -0.39 is 5.97 Å². The number of anilines is 1. The van der Waals surface area contributed by atoms with Crippen LogP contribution in [0.2, 0.25) is 0 Å². The van der Waals surface area contributed by atoms with Crippen molar-refractivity contribution in [1.82, 2.24) is 20.2 Å². The largest absolute Gasteiger partial charge is 0.465 e. The van der Waals surface area contributed by atoms with E-state index in [9.17, 15) is 4.79 Å². The normalized spacial score (nSPS) is 14.2. The molecule has 2 N–H and O–H groups in total. The molecule has 1 saturated carbocycles. The predicted molar refractivity (Wildman–Crippen MR) is 72.4 cm³/mol. The maximum atomic E-state index is 11.6. The Morgan fingerprint density at radius 1 is 1.50 bits per heavy atom. The summed E-state index contributed by atoms with van der Waals surface area (Å²) in [6, 6.07) is 5.61. The summed E-state index contributed by atoms with van der Waals surface area (Å²) in [6.45, 7) is 0. The molecule has 0 atom stereocenters. The Hall–Kier alpha value is -2.09. The fraction of sp³-hybridized carbons (Fsp3) is 0.333. The molecule has 0 amide bonds. The molecule has 1 aliphatic rings. The molecule has 3 rings (SSSR count). The first-order valence-electron chi connectivity index (χ1n) is 6.13. The fourth-order valence-corrected chi connectivity index (χ4v) is 2.74. The number of para-hydroxylation sites is 1. The highest BCUT2D eigenvalue weighted by Gasteiger charge is 2.28. The van der Waals surface area contributed by atoms with Gasteiger partial charge in [0.15, 0.2) is 0 Å². The summed E-state index contributed by atoms with van der Waals surface area (Å²) in [6.07, 6.45) is 2.19. The van der Waals surface area contributed by atoms with Gasteiger partial charge < -0.3 is 10.5 Å². The minimum absolute atomic E-state index is 0.350. The molecule has 104 valence electrons. The molecular formula is C12H13N5O2S. The number of aromatic nitrogens is 4. The maximum Gasteiger partial charge on any atom is 0.339 e. The summed E-state index contributed by atoms with van der Waals surface area (Å²) in [5.74, 6) is -0.452. The Balaban J connectivity index is 1.90. The van der Waals surface area contributed by atoms with Crippen molar-refractivity contribution in [3.05, 3.63) is 23.8 Å². The SMILES string of the molecule is COC(=O)c1cccc(Sc2nnnn2C2CC2)c1N. The lowest BCUT2D eigenvalue weighted by molar-refractivity contribution is 0.0601. The van der Waals surface area contributed by atoms with E-state index in [4.69, 9.17) is 10.5 Å². The molecule has 1 aromatic carbocycles. The van der Waals surface area contributed by atoms with Gasteiger partial charge in [0.2, 0.25) is 5.16 Å². The van der Waals surface area contributed by atoms with Crippen molar-refractivity contribution in [3.63, 3.8) is 0 Å². The number of ether oxygens (including phenoxy) is 1. The minimum Gasteiger partial charge on any atom is -0.465 e. The first kappa shape index (κ1) is 12.9. The van der Waals surface area contributed by atoms with E-state index in [-0.39, 0.29) is 0 Å². The van der Waals surface area contributed by atoms with E-state index in [0.29, 0.717) is 22.4 Å². The van der Waals surface area contributed by atoms with Crippen LogP contribution in [0.5, 0.6) is 0 Å². The number of carbonyl (C=O) groups excluding carboxylic acids is 1. The van der Waals surface area contributed by atoms with Crippen LogP contribution in [0, 0.1) is 0 Å². The third-order valence-electron chi connectivity index (χ3n) is 3.03. The molecule has 7 nitrogen and oxygen atoms in total. The lowest BCUT2D eigenvalue weighted by Gasteiger charge is -2.08. The highest BCUT2D eigenvalue weighted by molar-refractivity contribution is 7.99.